The Labute approximate surface area is 69.1 Å². The second-order valence-electron chi connectivity index (χ2n) is 3.95. The summed E-state index contributed by atoms with van der Waals surface area (Å²) in [5, 5.41) is 9.41. The maximum absolute atomic E-state index is 9.41. The highest BCUT2D eigenvalue weighted by Gasteiger charge is 2.17. The molecule has 0 spiro atoms. The highest BCUT2D eigenvalue weighted by atomic mass is 16.3. The number of hydrogen-bond donors (Lipinski definition) is 1. The number of hydrogen-bond acceptors (Lipinski definition) is 1. The molecule has 0 saturated heterocycles. The highest BCUT2D eigenvalue weighted by Crippen LogP contribution is 2.22. The van der Waals surface area contributed by atoms with E-state index < -0.39 is 6.10 Å². The highest BCUT2D eigenvalue weighted by molar-refractivity contribution is 5.25. The van der Waals surface area contributed by atoms with E-state index in [1.165, 1.54) is 0 Å². The SMILES string of the molecule is C#CC(=C)C(O)CC(C)(C)C. The minimum atomic E-state index is -0.556. The van der Waals surface area contributed by atoms with Crippen LogP contribution in [0.1, 0.15) is 27.2 Å². The molecular formula is C10H16O. The van der Waals surface area contributed by atoms with Gasteiger partial charge in [-0.25, -0.2) is 0 Å². The standard InChI is InChI=1S/C10H16O/c1-6-8(2)9(11)7-10(3,4)5/h1,9,11H,2,7H2,3-5H3. The molecule has 0 aromatic rings. The van der Waals surface area contributed by atoms with E-state index in [4.69, 9.17) is 6.42 Å². The van der Waals surface area contributed by atoms with E-state index in [1.807, 2.05) is 0 Å². The molecule has 0 amide bonds. The molecule has 1 N–H and O–H groups in total. The minimum absolute atomic E-state index is 0.0964. The molecule has 0 rings (SSSR count). The van der Waals surface area contributed by atoms with E-state index >= 15 is 0 Å². The average molecular weight is 152 g/mol. The molecule has 1 unspecified atom stereocenters. The zero-order valence-corrected chi connectivity index (χ0v) is 7.52. The van der Waals surface area contributed by atoms with Gasteiger partial charge in [-0.1, -0.05) is 33.3 Å². The topological polar surface area (TPSA) is 20.2 Å². The summed E-state index contributed by atoms with van der Waals surface area (Å²) in [4.78, 5) is 0. The van der Waals surface area contributed by atoms with Crippen LogP contribution < -0.4 is 0 Å². The summed E-state index contributed by atoms with van der Waals surface area (Å²) >= 11 is 0. The van der Waals surface area contributed by atoms with Gasteiger partial charge in [-0.05, 0) is 11.8 Å². The van der Waals surface area contributed by atoms with Crippen molar-refractivity contribution in [2.24, 2.45) is 5.41 Å². The molecule has 0 heterocycles. The van der Waals surface area contributed by atoms with E-state index in [1.54, 1.807) is 0 Å². The summed E-state index contributed by atoms with van der Waals surface area (Å²) in [5.41, 5.74) is 0.569. The Hall–Kier alpha value is -0.740. The molecule has 0 aliphatic rings. The van der Waals surface area contributed by atoms with Crippen LogP contribution >= 0.6 is 0 Å². The van der Waals surface area contributed by atoms with Gasteiger partial charge in [0, 0.05) is 5.57 Å². The Bertz CT molecular complexity index is 178. The van der Waals surface area contributed by atoms with Crippen molar-refractivity contribution in [3.63, 3.8) is 0 Å². The molecule has 0 bridgehead atoms. The summed E-state index contributed by atoms with van der Waals surface area (Å²) in [6.07, 6.45) is 5.19. The van der Waals surface area contributed by atoms with Crippen molar-refractivity contribution in [3.8, 4) is 12.3 Å². The average Bonchev–Trinajstić information content (AvgIpc) is 1.82. The second-order valence-corrected chi connectivity index (χ2v) is 3.95. The number of aliphatic hydroxyl groups excluding tert-OH is 1. The fraction of sp³-hybridized carbons (Fsp3) is 0.600. The van der Waals surface area contributed by atoms with Gasteiger partial charge in [0.25, 0.3) is 0 Å². The van der Waals surface area contributed by atoms with Gasteiger partial charge in [0.1, 0.15) is 0 Å². The van der Waals surface area contributed by atoms with Crippen molar-refractivity contribution in [1.82, 2.24) is 0 Å². The van der Waals surface area contributed by atoms with Gasteiger partial charge < -0.3 is 5.11 Å². The van der Waals surface area contributed by atoms with Crippen molar-refractivity contribution < 1.29 is 5.11 Å². The molecule has 0 aromatic heterocycles. The van der Waals surface area contributed by atoms with Crippen molar-refractivity contribution in [1.29, 1.82) is 0 Å². The van der Waals surface area contributed by atoms with Crippen LogP contribution in [0.2, 0.25) is 0 Å². The van der Waals surface area contributed by atoms with E-state index in [9.17, 15) is 5.11 Å². The number of rotatable bonds is 2. The van der Waals surface area contributed by atoms with Gasteiger partial charge in [-0.2, -0.15) is 0 Å². The van der Waals surface area contributed by atoms with Crippen LogP contribution in [0.25, 0.3) is 0 Å². The molecule has 62 valence electrons. The third-order valence-corrected chi connectivity index (χ3v) is 1.39. The van der Waals surface area contributed by atoms with Crippen LogP contribution in [0.5, 0.6) is 0 Å². The van der Waals surface area contributed by atoms with Gasteiger partial charge in [0.15, 0.2) is 0 Å². The number of aliphatic hydroxyl groups is 1. The van der Waals surface area contributed by atoms with Crippen molar-refractivity contribution in [2.45, 2.75) is 33.3 Å². The lowest BCUT2D eigenvalue weighted by atomic mass is 9.87. The molecule has 0 radical (unpaired) electrons. The van der Waals surface area contributed by atoms with Crippen LogP contribution in [0.3, 0.4) is 0 Å². The molecule has 0 aromatic carbocycles. The summed E-state index contributed by atoms with van der Waals surface area (Å²) in [6, 6.07) is 0. The Morgan fingerprint density at radius 3 is 2.36 bits per heavy atom. The molecule has 0 aliphatic carbocycles. The minimum Gasteiger partial charge on any atom is -0.388 e. The Morgan fingerprint density at radius 1 is 1.64 bits per heavy atom. The van der Waals surface area contributed by atoms with E-state index in [-0.39, 0.29) is 5.41 Å². The molecule has 1 nitrogen and oxygen atoms in total. The lowest BCUT2D eigenvalue weighted by Crippen LogP contribution is -2.18. The molecular weight excluding hydrogens is 136 g/mol. The predicted molar refractivity (Wildman–Crippen MR) is 48.1 cm³/mol. The van der Waals surface area contributed by atoms with Gasteiger partial charge in [0.2, 0.25) is 0 Å². The molecule has 0 fully saturated rings. The van der Waals surface area contributed by atoms with Gasteiger partial charge in [-0.15, -0.1) is 6.42 Å². The Balaban J connectivity index is 4.00. The van der Waals surface area contributed by atoms with Crippen LogP contribution in [0.4, 0.5) is 0 Å². The third kappa shape index (κ3) is 4.64. The summed E-state index contributed by atoms with van der Waals surface area (Å²) in [6.45, 7) is 9.74. The summed E-state index contributed by atoms with van der Waals surface area (Å²) in [7, 11) is 0. The number of terminal acetylenes is 1. The predicted octanol–water partition coefficient (Wildman–Crippen LogP) is 1.97. The van der Waals surface area contributed by atoms with Crippen LogP contribution in [-0.4, -0.2) is 11.2 Å². The first kappa shape index (κ1) is 10.3. The second kappa shape index (κ2) is 3.59. The molecule has 11 heavy (non-hydrogen) atoms. The lowest BCUT2D eigenvalue weighted by Gasteiger charge is -2.21. The van der Waals surface area contributed by atoms with Crippen LogP contribution in [0, 0.1) is 17.8 Å². The maximum atomic E-state index is 9.41. The normalized spacial score (nSPS) is 13.7. The zero-order chi connectivity index (χ0) is 9.07. The van der Waals surface area contributed by atoms with Crippen LogP contribution in [-0.2, 0) is 0 Å². The fourth-order valence-electron chi connectivity index (χ4n) is 0.799. The quantitative estimate of drug-likeness (QED) is 0.600. The molecule has 1 heteroatoms. The van der Waals surface area contributed by atoms with E-state index in [0.717, 1.165) is 0 Å². The van der Waals surface area contributed by atoms with Gasteiger partial charge in [-0.3, -0.25) is 0 Å². The summed E-state index contributed by atoms with van der Waals surface area (Å²) < 4.78 is 0. The molecule has 0 aliphatic heterocycles. The van der Waals surface area contributed by atoms with Crippen molar-refractivity contribution >= 4 is 0 Å². The van der Waals surface area contributed by atoms with Gasteiger partial charge in [0.05, 0.1) is 6.10 Å². The monoisotopic (exact) mass is 152 g/mol. The van der Waals surface area contributed by atoms with Crippen LogP contribution in [0.15, 0.2) is 12.2 Å². The largest absolute Gasteiger partial charge is 0.388 e. The first-order valence-corrected chi connectivity index (χ1v) is 3.70. The van der Waals surface area contributed by atoms with Crippen molar-refractivity contribution in [2.75, 3.05) is 0 Å². The first-order valence-electron chi connectivity index (χ1n) is 3.70. The van der Waals surface area contributed by atoms with E-state index in [2.05, 4.69) is 33.3 Å². The Kier molecular flexibility index (Phi) is 3.35. The van der Waals surface area contributed by atoms with E-state index in [0.29, 0.717) is 12.0 Å². The third-order valence-electron chi connectivity index (χ3n) is 1.39. The maximum Gasteiger partial charge on any atom is 0.0866 e. The lowest BCUT2D eigenvalue weighted by molar-refractivity contribution is 0.156. The Morgan fingerprint density at radius 2 is 2.09 bits per heavy atom. The zero-order valence-electron chi connectivity index (χ0n) is 7.52. The van der Waals surface area contributed by atoms with Gasteiger partial charge >= 0.3 is 0 Å². The van der Waals surface area contributed by atoms with Crippen molar-refractivity contribution in [3.05, 3.63) is 12.2 Å². The fourth-order valence-corrected chi connectivity index (χ4v) is 0.799. The molecule has 1 atom stereocenters. The summed E-state index contributed by atoms with van der Waals surface area (Å²) in [5.74, 6) is 2.34. The molecule has 0 saturated carbocycles. The first-order chi connectivity index (χ1) is 4.87. The smallest absolute Gasteiger partial charge is 0.0866 e.